The normalized spacial score (nSPS) is 20.1. The van der Waals surface area contributed by atoms with Crippen molar-refractivity contribution in [2.75, 3.05) is 13.2 Å². The topological polar surface area (TPSA) is 60.8 Å². The number of hydrogen-bond acceptors (Lipinski definition) is 3. The van der Waals surface area contributed by atoms with Crippen LogP contribution in [0.25, 0.3) is 0 Å². The number of carbonyl (C=O) groups is 1. The highest BCUT2D eigenvalue weighted by Gasteiger charge is 2.25. The zero-order valence-corrected chi connectivity index (χ0v) is 11.1. The number of carbonyl (C=O) groups excluding carboxylic acids is 1. The SMILES string of the molecule is O=C(c1ccc(CO)cc1)N1CCCCCC1CO. The van der Waals surface area contributed by atoms with E-state index in [0.717, 1.165) is 31.2 Å². The van der Waals surface area contributed by atoms with Gasteiger partial charge in [-0.15, -0.1) is 0 Å². The standard InChI is InChI=1S/C15H21NO3/c17-10-12-5-7-13(8-6-12)15(19)16-9-3-1-2-4-14(16)11-18/h5-8,14,17-18H,1-4,9-11H2. The predicted molar refractivity (Wildman–Crippen MR) is 72.7 cm³/mol. The fourth-order valence-corrected chi connectivity index (χ4v) is 2.55. The number of benzene rings is 1. The predicted octanol–water partition coefficient (Wildman–Crippen LogP) is 1.56. The summed E-state index contributed by atoms with van der Waals surface area (Å²) in [6, 6.07) is 6.95. The van der Waals surface area contributed by atoms with Crippen molar-refractivity contribution < 1.29 is 15.0 Å². The number of hydrogen-bond donors (Lipinski definition) is 2. The van der Waals surface area contributed by atoms with E-state index in [-0.39, 0.29) is 25.2 Å². The van der Waals surface area contributed by atoms with Gasteiger partial charge in [-0.3, -0.25) is 4.79 Å². The molecular weight excluding hydrogens is 242 g/mol. The highest BCUT2D eigenvalue weighted by atomic mass is 16.3. The van der Waals surface area contributed by atoms with Crippen LogP contribution in [-0.2, 0) is 6.61 Å². The Hall–Kier alpha value is -1.39. The maximum Gasteiger partial charge on any atom is 0.254 e. The molecule has 1 fully saturated rings. The summed E-state index contributed by atoms with van der Waals surface area (Å²) in [6.07, 6.45) is 4.05. The lowest BCUT2D eigenvalue weighted by atomic mass is 10.1. The van der Waals surface area contributed by atoms with Gasteiger partial charge in [0.25, 0.3) is 5.91 Å². The number of likely N-dealkylation sites (tertiary alicyclic amines) is 1. The van der Waals surface area contributed by atoms with Gasteiger partial charge in [0.15, 0.2) is 0 Å². The van der Waals surface area contributed by atoms with Crippen LogP contribution in [0.5, 0.6) is 0 Å². The second-order valence-corrected chi connectivity index (χ2v) is 5.04. The van der Waals surface area contributed by atoms with Crippen molar-refractivity contribution in [2.24, 2.45) is 0 Å². The summed E-state index contributed by atoms with van der Waals surface area (Å²) < 4.78 is 0. The van der Waals surface area contributed by atoms with Gasteiger partial charge in [-0.2, -0.15) is 0 Å². The van der Waals surface area contributed by atoms with E-state index in [1.54, 1.807) is 29.2 Å². The van der Waals surface area contributed by atoms with Crippen LogP contribution in [0.3, 0.4) is 0 Å². The molecule has 1 aliphatic rings. The number of amides is 1. The van der Waals surface area contributed by atoms with E-state index < -0.39 is 0 Å². The van der Waals surface area contributed by atoms with Crippen LogP contribution in [0.1, 0.15) is 41.6 Å². The third kappa shape index (κ3) is 3.33. The second-order valence-electron chi connectivity index (χ2n) is 5.04. The summed E-state index contributed by atoms with van der Waals surface area (Å²) in [5.41, 5.74) is 1.42. The monoisotopic (exact) mass is 263 g/mol. The minimum atomic E-state index is -0.0625. The summed E-state index contributed by atoms with van der Waals surface area (Å²) in [5.74, 6) is -0.0227. The van der Waals surface area contributed by atoms with E-state index in [2.05, 4.69) is 0 Å². The number of nitrogens with zero attached hydrogens (tertiary/aromatic N) is 1. The Kier molecular flexibility index (Phi) is 4.93. The van der Waals surface area contributed by atoms with Gasteiger partial charge in [0.05, 0.1) is 19.3 Å². The molecule has 1 heterocycles. The van der Waals surface area contributed by atoms with E-state index in [1.165, 1.54) is 0 Å². The maximum absolute atomic E-state index is 12.5. The first kappa shape index (κ1) is 14.0. The molecule has 0 aromatic heterocycles. The molecule has 0 radical (unpaired) electrons. The average Bonchev–Trinajstić information content (AvgIpc) is 2.71. The first-order valence-electron chi connectivity index (χ1n) is 6.88. The fraction of sp³-hybridized carbons (Fsp3) is 0.533. The molecule has 19 heavy (non-hydrogen) atoms. The molecule has 2 rings (SSSR count). The molecule has 0 spiro atoms. The molecule has 0 bridgehead atoms. The van der Waals surface area contributed by atoms with Crippen LogP contribution >= 0.6 is 0 Å². The van der Waals surface area contributed by atoms with Crippen molar-refractivity contribution in [1.82, 2.24) is 4.90 Å². The van der Waals surface area contributed by atoms with Crippen molar-refractivity contribution >= 4 is 5.91 Å². The van der Waals surface area contributed by atoms with E-state index in [4.69, 9.17) is 5.11 Å². The van der Waals surface area contributed by atoms with E-state index in [1.807, 2.05) is 0 Å². The van der Waals surface area contributed by atoms with Gasteiger partial charge < -0.3 is 15.1 Å². The quantitative estimate of drug-likeness (QED) is 0.870. The van der Waals surface area contributed by atoms with Crippen molar-refractivity contribution in [3.05, 3.63) is 35.4 Å². The van der Waals surface area contributed by atoms with Crippen LogP contribution in [0.2, 0.25) is 0 Å². The minimum Gasteiger partial charge on any atom is -0.394 e. The number of rotatable bonds is 3. The molecular formula is C15H21NO3. The molecule has 1 amide bonds. The highest BCUT2D eigenvalue weighted by Crippen LogP contribution is 2.19. The molecule has 1 unspecified atom stereocenters. The Balaban J connectivity index is 2.15. The van der Waals surface area contributed by atoms with Gasteiger partial charge in [0.1, 0.15) is 0 Å². The molecule has 4 heteroatoms. The molecule has 4 nitrogen and oxygen atoms in total. The molecule has 104 valence electrons. The zero-order valence-electron chi connectivity index (χ0n) is 11.1. The lowest BCUT2D eigenvalue weighted by Crippen LogP contribution is -2.42. The fourth-order valence-electron chi connectivity index (χ4n) is 2.55. The van der Waals surface area contributed by atoms with Crippen molar-refractivity contribution in [3.63, 3.8) is 0 Å². The minimum absolute atomic E-state index is 0.0164. The van der Waals surface area contributed by atoms with Crippen LogP contribution in [0, 0.1) is 0 Å². The summed E-state index contributed by atoms with van der Waals surface area (Å²) in [7, 11) is 0. The van der Waals surface area contributed by atoms with E-state index in [9.17, 15) is 9.90 Å². The van der Waals surface area contributed by atoms with Crippen molar-refractivity contribution in [2.45, 2.75) is 38.3 Å². The molecule has 1 atom stereocenters. The summed E-state index contributed by atoms with van der Waals surface area (Å²) in [5, 5.41) is 18.4. The molecule has 0 saturated carbocycles. The smallest absolute Gasteiger partial charge is 0.254 e. The van der Waals surface area contributed by atoms with Crippen LogP contribution < -0.4 is 0 Å². The lowest BCUT2D eigenvalue weighted by Gasteiger charge is -2.28. The molecule has 2 N–H and O–H groups in total. The van der Waals surface area contributed by atoms with Crippen LogP contribution in [0.15, 0.2) is 24.3 Å². The van der Waals surface area contributed by atoms with Gasteiger partial charge in [-0.05, 0) is 30.5 Å². The molecule has 1 aromatic rings. The van der Waals surface area contributed by atoms with Crippen molar-refractivity contribution in [1.29, 1.82) is 0 Å². The Morgan fingerprint density at radius 3 is 2.53 bits per heavy atom. The summed E-state index contributed by atoms with van der Waals surface area (Å²) >= 11 is 0. The van der Waals surface area contributed by atoms with Gasteiger partial charge in [0, 0.05) is 12.1 Å². The molecule has 1 aliphatic heterocycles. The van der Waals surface area contributed by atoms with Gasteiger partial charge in [-0.25, -0.2) is 0 Å². The summed E-state index contributed by atoms with van der Waals surface area (Å²) in [4.78, 5) is 14.3. The van der Waals surface area contributed by atoms with Gasteiger partial charge in [0.2, 0.25) is 0 Å². The Morgan fingerprint density at radius 2 is 1.89 bits per heavy atom. The Morgan fingerprint density at radius 1 is 1.16 bits per heavy atom. The van der Waals surface area contributed by atoms with E-state index >= 15 is 0 Å². The van der Waals surface area contributed by atoms with E-state index in [0.29, 0.717) is 12.1 Å². The van der Waals surface area contributed by atoms with Gasteiger partial charge >= 0.3 is 0 Å². The van der Waals surface area contributed by atoms with Crippen molar-refractivity contribution in [3.8, 4) is 0 Å². The zero-order chi connectivity index (χ0) is 13.7. The second kappa shape index (κ2) is 6.68. The lowest BCUT2D eigenvalue weighted by molar-refractivity contribution is 0.0599. The Labute approximate surface area is 113 Å². The highest BCUT2D eigenvalue weighted by molar-refractivity contribution is 5.94. The van der Waals surface area contributed by atoms with Crippen LogP contribution in [0.4, 0.5) is 0 Å². The number of aliphatic hydroxyl groups excluding tert-OH is 2. The molecule has 0 aliphatic carbocycles. The number of aliphatic hydroxyl groups is 2. The first-order valence-corrected chi connectivity index (χ1v) is 6.88. The molecule has 1 saturated heterocycles. The Bertz CT molecular complexity index is 416. The first-order chi connectivity index (χ1) is 9.26. The third-order valence-electron chi connectivity index (χ3n) is 3.73. The van der Waals surface area contributed by atoms with Crippen LogP contribution in [-0.4, -0.2) is 40.2 Å². The third-order valence-corrected chi connectivity index (χ3v) is 3.73. The summed E-state index contributed by atoms with van der Waals surface area (Å²) in [6.45, 7) is 0.726. The maximum atomic E-state index is 12.5. The average molecular weight is 263 g/mol. The molecule has 1 aromatic carbocycles. The van der Waals surface area contributed by atoms with Gasteiger partial charge in [-0.1, -0.05) is 25.0 Å². The largest absolute Gasteiger partial charge is 0.394 e.